The largest absolute Gasteiger partial charge is 0.416 e. The van der Waals surface area contributed by atoms with Crippen molar-refractivity contribution < 1.29 is 23.1 Å². The average Bonchev–Trinajstić information content (AvgIpc) is 2.71. The molecule has 3 N–H and O–H groups in total. The van der Waals surface area contributed by atoms with Gasteiger partial charge in [0.25, 0.3) is 5.91 Å². The van der Waals surface area contributed by atoms with E-state index in [1.165, 1.54) is 6.07 Å². The fourth-order valence-corrected chi connectivity index (χ4v) is 1.42. The second kappa shape index (κ2) is 6.05. The van der Waals surface area contributed by atoms with Crippen LogP contribution >= 0.6 is 0 Å². The van der Waals surface area contributed by atoms with Crippen LogP contribution < -0.4 is 5.32 Å². The molecule has 0 aromatic carbocycles. The number of aliphatic hydroxyl groups excluding tert-OH is 1. The standard InChI is InChI=1S/C11H16F3N3O2/c1-6(2)3-7-4-8(17-16-7)10(19)15-5-9(18)11(12,13)14/h4,6,9,18H,3,5H2,1-2H3,(H,15,19)(H,16,17). The molecule has 0 fully saturated rings. The number of carbonyl (C=O) groups excluding carboxylic acids is 1. The zero-order valence-electron chi connectivity index (χ0n) is 10.6. The van der Waals surface area contributed by atoms with Crippen molar-refractivity contribution in [2.75, 3.05) is 6.54 Å². The topological polar surface area (TPSA) is 78.0 Å². The van der Waals surface area contributed by atoms with Gasteiger partial charge in [-0.3, -0.25) is 9.89 Å². The minimum absolute atomic E-state index is 0.00465. The van der Waals surface area contributed by atoms with E-state index in [0.29, 0.717) is 12.3 Å². The number of nitrogens with zero attached hydrogens (tertiary/aromatic N) is 1. The van der Waals surface area contributed by atoms with Gasteiger partial charge < -0.3 is 10.4 Å². The summed E-state index contributed by atoms with van der Waals surface area (Å²) in [6, 6.07) is 1.48. The van der Waals surface area contributed by atoms with Crippen LogP contribution in [0.3, 0.4) is 0 Å². The second-order valence-corrected chi connectivity index (χ2v) is 4.64. The number of halogens is 3. The van der Waals surface area contributed by atoms with Gasteiger partial charge in [0.1, 0.15) is 5.69 Å². The zero-order valence-corrected chi connectivity index (χ0v) is 10.6. The molecule has 0 spiro atoms. The molecule has 1 amide bonds. The Labute approximate surface area is 108 Å². The second-order valence-electron chi connectivity index (χ2n) is 4.64. The quantitative estimate of drug-likeness (QED) is 0.759. The van der Waals surface area contributed by atoms with Crippen molar-refractivity contribution in [3.05, 3.63) is 17.5 Å². The van der Waals surface area contributed by atoms with Crippen molar-refractivity contribution >= 4 is 5.91 Å². The summed E-state index contributed by atoms with van der Waals surface area (Å²) in [7, 11) is 0. The van der Waals surface area contributed by atoms with Gasteiger partial charge in [-0.2, -0.15) is 18.3 Å². The van der Waals surface area contributed by atoms with Gasteiger partial charge in [-0.25, -0.2) is 0 Å². The summed E-state index contributed by atoms with van der Waals surface area (Å²) in [6.07, 6.45) is -6.64. The third-order valence-corrected chi connectivity index (χ3v) is 2.33. The van der Waals surface area contributed by atoms with Crippen molar-refractivity contribution in [1.82, 2.24) is 15.5 Å². The van der Waals surface area contributed by atoms with Crippen molar-refractivity contribution in [3.63, 3.8) is 0 Å². The summed E-state index contributed by atoms with van der Waals surface area (Å²) in [5.41, 5.74) is 0.738. The molecule has 1 aromatic heterocycles. The lowest BCUT2D eigenvalue weighted by molar-refractivity contribution is -0.201. The van der Waals surface area contributed by atoms with E-state index in [1.54, 1.807) is 0 Å². The first kappa shape index (κ1) is 15.5. The number of carbonyl (C=O) groups is 1. The Kier molecular flexibility index (Phi) is 4.93. The highest BCUT2D eigenvalue weighted by Gasteiger charge is 2.38. The van der Waals surface area contributed by atoms with Crippen LogP contribution in [0.15, 0.2) is 6.07 Å². The smallest absolute Gasteiger partial charge is 0.382 e. The molecule has 0 aliphatic rings. The van der Waals surface area contributed by atoms with Crippen LogP contribution in [0.2, 0.25) is 0 Å². The fraction of sp³-hybridized carbons (Fsp3) is 0.636. The number of aliphatic hydroxyl groups is 1. The maximum absolute atomic E-state index is 12.0. The van der Waals surface area contributed by atoms with Crippen LogP contribution in [0.4, 0.5) is 13.2 Å². The first-order valence-electron chi connectivity index (χ1n) is 5.77. The van der Waals surface area contributed by atoms with E-state index in [0.717, 1.165) is 5.69 Å². The lowest BCUT2D eigenvalue weighted by atomic mass is 10.1. The highest BCUT2D eigenvalue weighted by atomic mass is 19.4. The molecule has 1 unspecified atom stereocenters. The molecular weight excluding hydrogens is 263 g/mol. The number of aromatic amines is 1. The van der Waals surface area contributed by atoms with Crippen LogP contribution in [-0.4, -0.2) is 40.0 Å². The maximum Gasteiger partial charge on any atom is 0.416 e. The molecule has 0 saturated carbocycles. The Bertz CT molecular complexity index is 429. The highest BCUT2D eigenvalue weighted by molar-refractivity contribution is 5.92. The summed E-state index contributed by atoms with van der Waals surface area (Å²) < 4.78 is 36.1. The third kappa shape index (κ3) is 4.90. The third-order valence-electron chi connectivity index (χ3n) is 2.33. The van der Waals surface area contributed by atoms with Gasteiger partial charge in [0.15, 0.2) is 6.10 Å². The molecule has 8 heteroatoms. The van der Waals surface area contributed by atoms with Gasteiger partial charge in [0.05, 0.1) is 6.54 Å². The number of rotatable bonds is 5. The van der Waals surface area contributed by atoms with Gasteiger partial charge in [0, 0.05) is 5.69 Å². The molecule has 0 aliphatic carbocycles. The van der Waals surface area contributed by atoms with E-state index >= 15 is 0 Å². The summed E-state index contributed by atoms with van der Waals surface area (Å²) in [4.78, 5) is 11.5. The molecule has 19 heavy (non-hydrogen) atoms. The molecule has 1 aromatic rings. The van der Waals surface area contributed by atoms with Crippen molar-refractivity contribution in [1.29, 1.82) is 0 Å². The minimum Gasteiger partial charge on any atom is -0.382 e. The highest BCUT2D eigenvalue weighted by Crippen LogP contribution is 2.19. The molecular formula is C11H16F3N3O2. The molecule has 1 heterocycles. The Hall–Kier alpha value is -1.57. The Morgan fingerprint density at radius 1 is 1.53 bits per heavy atom. The lowest BCUT2D eigenvalue weighted by Crippen LogP contribution is -2.40. The van der Waals surface area contributed by atoms with Gasteiger partial charge in [-0.15, -0.1) is 0 Å². The number of H-pyrrole nitrogens is 1. The molecule has 5 nitrogen and oxygen atoms in total. The van der Waals surface area contributed by atoms with E-state index in [9.17, 15) is 18.0 Å². The van der Waals surface area contributed by atoms with Gasteiger partial charge in [-0.05, 0) is 18.4 Å². The van der Waals surface area contributed by atoms with Crippen molar-refractivity contribution in [2.24, 2.45) is 5.92 Å². The van der Waals surface area contributed by atoms with E-state index < -0.39 is 24.7 Å². The summed E-state index contributed by atoms with van der Waals surface area (Å²) in [5.74, 6) is -0.391. The summed E-state index contributed by atoms with van der Waals surface area (Å²) in [5, 5.41) is 17.1. The first-order valence-corrected chi connectivity index (χ1v) is 5.77. The van der Waals surface area contributed by atoms with Gasteiger partial charge in [-0.1, -0.05) is 13.8 Å². The normalized spacial score (nSPS) is 13.6. The Morgan fingerprint density at radius 3 is 2.68 bits per heavy atom. The average molecular weight is 279 g/mol. The molecule has 1 rings (SSSR count). The SMILES string of the molecule is CC(C)Cc1cc(C(=O)NCC(O)C(F)(F)F)n[nH]1. The van der Waals surface area contributed by atoms with E-state index in [1.807, 2.05) is 19.2 Å². The van der Waals surface area contributed by atoms with Crippen LogP contribution in [0.5, 0.6) is 0 Å². The fourth-order valence-electron chi connectivity index (χ4n) is 1.42. The monoisotopic (exact) mass is 279 g/mol. The van der Waals surface area contributed by atoms with Gasteiger partial charge in [0.2, 0.25) is 0 Å². The summed E-state index contributed by atoms with van der Waals surface area (Å²) in [6.45, 7) is 3.08. The minimum atomic E-state index is -4.75. The number of aromatic nitrogens is 2. The number of amides is 1. The van der Waals surface area contributed by atoms with Crippen LogP contribution in [0.1, 0.15) is 30.0 Å². The summed E-state index contributed by atoms with van der Waals surface area (Å²) >= 11 is 0. The Balaban J connectivity index is 2.52. The predicted molar refractivity (Wildman–Crippen MR) is 61.5 cm³/mol. The number of alkyl halides is 3. The molecule has 0 radical (unpaired) electrons. The van der Waals surface area contributed by atoms with Crippen molar-refractivity contribution in [3.8, 4) is 0 Å². The lowest BCUT2D eigenvalue weighted by Gasteiger charge is -2.14. The number of nitrogens with one attached hydrogen (secondary N) is 2. The first-order chi connectivity index (χ1) is 8.70. The van der Waals surface area contributed by atoms with Crippen LogP contribution in [0, 0.1) is 5.92 Å². The Morgan fingerprint density at radius 2 is 2.16 bits per heavy atom. The molecule has 0 aliphatic heterocycles. The van der Waals surface area contributed by atoms with Crippen molar-refractivity contribution in [2.45, 2.75) is 32.5 Å². The number of hydrogen-bond donors (Lipinski definition) is 3. The van der Waals surface area contributed by atoms with Crippen LogP contribution in [-0.2, 0) is 6.42 Å². The van der Waals surface area contributed by atoms with Crippen LogP contribution in [0.25, 0.3) is 0 Å². The van der Waals surface area contributed by atoms with E-state index in [-0.39, 0.29) is 5.69 Å². The van der Waals surface area contributed by atoms with E-state index in [4.69, 9.17) is 5.11 Å². The molecule has 0 saturated heterocycles. The molecule has 108 valence electrons. The molecule has 0 bridgehead atoms. The van der Waals surface area contributed by atoms with E-state index in [2.05, 4.69) is 10.2 Å². The maximum atomic E-state index is 12.0. The molecule has 1 atom stereocenters. The number of hydrogen-bond acceptors (Lipinski definition) is 3. The predicted octanol–water partition coefficient (Wildman–Crippen LogP) is 1.26. The van der Waals surface area contributed by atoms with Gasteiger partial charge >= 0.3 is 6.18 Å². The zero-order chi connectivity index (χ0) is 14.6.